The number of halogens is 1. The molecule has 0 unspecified atom stereocenters. The van der Waals surface area contributed by atoms with E-state index in [1.54, 1.807) is 18.2 Å². The summed E-state index contributed by atoms with van der Waals surface area (Å²) in [5, 5.41) is 5.39. The largest absolute Gasteiger partial charge is 0.484 e. The number of ether oxygens (including phenoxy) is 1. The molecule has 3 aromatic carbocycles. The smallest absolute Gasteiger partial charge is 0.238 e. The fourth-order valence-corrected chi connectivity index (χ4v) is 3.71. The summed E-state index contributed by atoms with van der Waals surface area (Å²) in [5.41, 5.74) is 1.51. The second kappa shape index (κ2) is 8.10. The number of hydrogen-bond acceptors (Lipinski definition) is 5. The van der Waals surface area contributed by atoms with Crippen LogP contribution < -0.4 is 9.88 Å². The Morgan fingerprint density at radius 2 is 1.60 bits per heavy atom. The molecule has 0 saturated carbocycles. The van der Waals surface area contributed by atoms with Gasteiger partial charge in [-0.25, -0.2) is 22.9 Å². The lowest BCUT2D eigenvalue weighted by Gasteiger charge is -2.07. The van der Waals surface area contributed by atoms with Gasteiger partial charge < -0.3 is 9.15 Å². The molecular formula is C22H17FN2O4S. The van der Waals surface area contributed by atoms with Gasteiger partial charge >= 0.3 is 0 Å². The Morgan fingerprint density at radius 1 is 0.933 bits per heavy atom. The van der Waals surface area contributed by atoms with Crippen LogP contribution in [-0.4, -0.2) is 13.4 Å². The second-order valence-electron chi connectivity index (χ2n) is 6.44. The number of benzene rings is 3. The van der Waals surface area contributed by atoms with Crippen LogP contribution in [-0.2, 0) is 16.6 Å². The first-order valence-corrected chi connectivity index (χ1v) is 10.5. The summed E-state index contributed by atoms with van der Waals surface area (Å²) < 4.78 is 48.8. The maximum Gasteiger partial charge on any atom is 0.238 e. The molecule has 0 saturated heterocycles. The van der Waals surface area contributed by atoms with Crippen LogP contribution in [0.15, 0.2) is 88.2 Å². The quantitative estimate of drug-likeness (QED) is 0.496. The maximum absolute atomic E-state index is 13.1. The highest BCUT2D eigenvalue weighted by Crippen LogP contribution is 2.36. The molecule has 4 rings (SSSR count). The van der Waals surface area contributed by atoms with Crippen LogP contribution in [0.3, 0.4) is 0 Å². The van der Waals surface area contributed by atoms with Crippen molar-refractivity contribution in [2.45, 2.75) is 11.5 Å². The fourth-order valence-electron chi connectivity index (χ4n) is 2.98. The number of sulfonamides is 1. The molecule has 0 aliphatic rings. The van der Waals surface area contributed by atoms with E-state index in [1.807, 2.05) is 30.3 Å². The normalized spacial score (nSPS) is 11.4. The molecule has 8 heteroatoms. The van der Waals surface area contributed by atoms with E-state index in [4.69, 9.17) is 14.3 Å². The Labute approximate surface area is 172 Å². The molecule has 0 radical (unpaired) electrons. The molecule has 0 spiro atoms. The third-order valence-electron chi connectivity index (χ3n) is 4.33. The summed E-state index contributed by atoms with van der Waals surface area (Å²) >= 11 is 0. The monoisotopic (exact) mass is 424 g/mol. The summed E-state index contributed by atoms with van der Waals surface area (Å²) in [6.07, 6.45) is 0. The molecule has 1 heterocycles. The molecule has 0 atom stereocenters. The van der Waals surface area contributed by atoms with Gasteiger partial charge in [0.25, 0.3) is 0 Å². The van der Waals surface area contributed by atoms with Gasteiger partial charge in [-0.1, -0.05) is 42.5 Å². The van der Waals surface area contributed by atoms with Crippen molar-refractivity contribution in [1.82, 2.24) is 4.98 Å². The van der Waals surface area contributed by atoms with Gasteiger partial charge in [-0.2, -0.15) is 0 Å². The van der Waals surface area contributed by atoms with Crippen LogP contribution in [0.1, 0.15) is 5.89 Å². The average molecular weight is 424 g/mol. The predicted molar refractivity (Wildman–Crippen MR) is 109 cm³/mol. The highest BCUT2D eigenvalue weighted by molar-refractivity contribution is 7.89. The summed E-state index contributed by atoms with van der Waals surface area (Å²) in [6.45, 7) is -0.0248. The molecule has 6 nitrogen and oxygen atoms in total. The van der Waals surface area contributed by atoms with Crippen molar-refractivity contribution in [1.29, 1.82) is 0 Å². The first kappa shape index (κ1) is 19.8. The van der Waals surface area contributed by atoms with Gasteiger partial charge in [-0.3, -0.25) is 0 Å². The zero-order valence-corrected chi connectivity index (χ0v) is 16.5. The minimum atomic E-state index is -3.99. The van der Waals surface area contributed by atoms with Crippen LogP contribution >= 0.6 is 0 Å². The van der Waals surface area contributed by atoms with E-state index in [0.29, 0.717) is 17.0 Å². The van der Waals surface area contributed by atoms with Gasteiger partial charge in [0, 0.05) is 11.1 Å². The fraction of sp³-hybridized carbons (Fsp3) is 0.0455. The molecule has 0 fully saturated rings. The second-order valence-corrected chi connectivity index (χ2v) is 7.96. The van der Waals surface area contributed by atoms with E-state index >= 15 is 0 Å². The molecule has 152 valence electrons. The minimum absolute atomic E-state index is 0.0248. The van der Waals surface area contributed by atoms with E-state index in [9.17, 15) is 12.8 Å². The van der Waals surface area contributed by atoms with Crippen molar-refractivity contribution < 1.29 is 22.0 Å². The lowest BCUT2D eigenvalue weighted by atomic mass is 10.1. The van der Waals surface area contributed by atoms with Gasteiger partial charge in [-0.15, -0.1) is 0 Å². The van der Waals surface area contributed by atoms with Crippen molar-refractivity contribution in [2.75, 3.05) is 0 Å². The molecule has 0 bridgehead atoms. The maximum atomic E-state index is 13.1. The standard InChI is InChI=1S/C22H17FN2O4S/c23-16-10-12-17(13-11-16)28-14-20-25-21(15-6-2-1-3-7-15)22(29-20)18-8-4-5-9-19(18)30(24,26)27/h1-13H,14H2,(H2,24,26,27). The summed E-state index contributed by atoms with van der Waals surface area (Å²) in [6, 6.07) is 21.1. The van der Waals surface area contributed by atoms with Crippen molar-refractivity contribution in [3.63, 3.8) is 0 Å². The number of primary sulfonamides is 1. The number of hydrogen-bond donors (Lipinski definition) is 1. The number of nitrogens with zero attached hydrogens (tertiary/aromatic N) is 1. The van der Waals surface area contributed by atoms with Crippen LogP contribution in [0.25, 0.3) is 22.6 Å². The van der Waals surface area contributed by atoms with Crippen LogP contribution in [0.4, 0.5) is 4.39 Å². The van der Waals surface area contributed by atoms with Crippen LogP contribution in [0.2, 0.25) is 0 Å². The average Bonchev–Trinajstić information content (AvgIpc) is 3.18. The lowest BCUT2D eigenvalue weighted by Crippen LogP contribution is -2.13. The van der Waals surface area contributed by atoms with Crippen molar-refractivity contribution in [2.24, 2.45) is 5.14 Å². The molecule has 4 aromatic rings. The Balaban J connectivity index is 1.77. The molecular weight excluding hydrogens is 407 g/mol. The van der Waals surface area contributed by atoms with E-state index in [0.717, 1.165) is 5.56 Å². The van der Waals surface area contributed by atoms with E-state index in [-0.39, 0.29) is 29.0 Å². The van der Waals surface area contributed by atoms with Gasteiger partial charge in [0.2, 0.25) is 15.9 Å². The molecule has 30 heavy (non-hydrogen) atoms. The number of oxazole rings is 1. The Bertz CT molecular complexity index is 1270. The zero-order chi connectivity index (χ0) is 21.1. The van der Waals surface area contributed by atoms with Crippen LogP contribution in [0, 0.1) is 5.82 Å². The highest BCUT2D eigenvalue weighted by atomic mass is 32.2. The minimum Gasteiger partial charge on any atom is -0.484 e. The number of rotatable bonds is 6. The third kappa shape index (κ3) is 4.24. The van der Waals surface area contributed by atoms with Gasteiger partial charge in [0.05, 0.1) is 4.90 Å². The van der Waals surface area contributed by atoms with E-state index in [2.05, 4.69) is 4.98 Å². The molecule has 1 aromatic heterocycles. The lowest BCUT2D eigenvalue weighted by molar-refractivity contribution is 0.264. The molecule has 0 amide bonds. The SMILES string of the molecule is NS(=O)(=O)c1ccccc1-c1oc(COc2ccc(F)cc2)nc1-c1ccccc1. The first-order valence-electron chi connectivity index (χ1n) is 8.97. The van der Waals surface area contributed by atoms with E-state index < -0.39 is 10.0 Å². The van der Waals surface area contributed by atoms with Crippen molar-refractivity contribution >= 4 is 10.0 Å². The molecule has 0 aliphatic carbocycles. The summed E-state index contributed by atoms with van der Waals surface area (Å²) in [7, 11) is -3.99. The van der Waals surface area contributed by atoms with Gasteiger partial charge in [0.15, 0.2) is 12.4 Å². The Kier molecular flexibility index (Phi) is 5.35. The van der Waals surface area contributed by atoms with Crippen LogP contribution in [0.5, 0.6) is 5.75 Å². The predicted octanol–water partition coefficient (Wildman–Crippen LogP) is 4.37. The topological polar surface area (TPSA) is 95.4 Å². The Hall–Kier alpha value is -3.49. The summed E-state index contributed by atoms with van der Waals surface area (Å²) in [4.78, 5) is 4.45. The van der Waals surface area contributed by atoms with Gasteiger partial charge in [-0.05, 0) is 36.4 Å². The highest BCUT2D eigenvalue weighted by Gasteiger charge is 2.23. The van der Waals surface area contributed by atoms with Crippen molar-refractivity contribution in [3.05, 3.63) is 90.6 Å². The zero-order valence-electron chi connectivity index (χ0n) is 15.7. The number of nitrogens with two attached hydrogens (primary N) is 1. The Morgan fingerprint density at radius 3 is 2.30 bits per heavy atom. The summed E-state index contributed by atoms with van der Waals surface area (Å²) in [5.74, 6) is 0.579. The van der Waals surface area contributed by atoms with E-state index in [1.165, 1.54) is 30.3 Å². The third-order valence-corrected chi connectivity index (χ3v) is 5.30. The molecule has 0 aliphatic heterocycles. The van der Waals surface area contributed by atoms with Gasteiger partial charge in [0.1, 0.15) is 17.3 Å². The molecule has 2 N–H and O–H groups in total. The van der Waals surface area contributed by atoms with Crippen molar-refractivity contribution in [3.8, 4) is 28.3 Å². The first-order chi connectivity index (χ1) is 14.4. The number of aromatic nitrogens is 1.